The first kappa shape index (κ1) is 11.5. The Bertz CT molecular complexity index is 424. The van der Waals surface area contributed by atoms with Crippen molar-refractivity contribution in [3.63, 3.8) is 0 Å². The van der Waals surface area contributed by atoms with Gasteiger partial charge in [-0.2, -0.15) is 0 Å². The van der Waals surface area contributed by atoms with E-state index in [9.17, 15) is 0 Å². The monoisotopic (exact) mass is 296 g/mol. The van der Waals surface area contributed by atoms with E-state index < -0.39 is 0 Å². The van der Waals surface area contributed by atoms with Crippen LogP contribution in [0.25, 0.3) is 0 Å². The van der Waals surface area contributed by atoms with Crippen molar-refractivity contribution in [3.05, 3.63) is 28.2 Å². The predicted molar refractivity (Wildman–Crippen MR) is 72.5 cm³/mol. The van der Waals surface area contributed by atoms with Gasteiger partial charge in [0.1, 0.15) is 0 Å². The number of benzene rings is 1. The largest absolute Gasteiger partial charge is 0.395 e. The minimum atomic E-state index is 0.267. The number of nitrogens with zero attached hydrogens (tertiary/aromatic N) is 2. The highest BCUT2D eigenvalue weighted by Gasteiger charge is 2.34. The van der Waals surface area contributed by atoms with Gasteiger partial charge in [0.25, 0.3) is 0 Å². The third-order valence-corrected chi connectivity index (χ3v) is 4.57. The van der Waals surface area contributed by atoms with E-state index in [1.54, 1.807) is 0 Å². The summed E-state index contributed by atoms with van der Waals surface area (Å²) in [5, 5.41) is 9.01. The molecule has 1 aromatic carbocycles. The zero-order valence-electron chi connectivity index (χ0n) is 9.77. The lowest BCUT2D eigenvalue weighted by atomic mass is 10.1. The standard InChI is InChI=1S/C13H17BrN2O/c14-12-2-1-3-13-11(12)8-10-9-15(6-7-17)4-5-16(10)13/h1-3,10,17H,4-9H2. The molecule has 0 aliphatic carbocycles. The third kappa shape index (κ3) is 1.98. The lowest BCUT2D eigenvalue weighted by molar-refractivity contribution is 0.173. The lowest BCUT2D eigenvalue weighted by Crippen LogP contribution is -2.52. The highest BCUT2D eigenvalue weighted by Crippen LogP contribution is 2.38. The second-order valence-corrected chi connectivity index (χ2v) is 5.67. The van der Waals surface area contributed by atoms with E-state index >= 15 is 0 Å². The van der Waals surface area contributed by atoms with E-state index in [1.807, 2.05) is 0 Å². The number of fused-ring (bicyclic) bond motifs is 3. The highest BCUT2D eigenvalue weighted by molar-refractivity contribution is 9.10. The van der Waals surface area contributed by atoms with Gasteiger partial charge in [0.15, 0.2) is 0 Å². The molecule has 0 radical (unpaired) electrons. The van der Waals surface area contributed by atoms with Crippen LogP contribution in [0.1, 0.15) is 5.56 Å². The van der Waals surface area contributed by atoms with E-state index in [-0.39, 0.29) is 6.61 Å². The Kier molecular flexibility index (Phi) is 3.11. The fourth-order valence-electron chi connectivity index (χ4n) is 3.01. The van der Waals surface area contributed by atoms with Crippen LogP contribution in [0.5, 0.6) is 0 Å². The maximum absolute atomic E-state index is 9.01. The SMILES string of the molecule is OCCN1CCN2c3cccc(Br)c3CC2C1. The van der Waals surface area contributed by atoms with Gasteiger partial charge in [-0.25, -0.2) is 0 Å². The van der Waals surface area contributed by atoms with Crippen molar-refractivity contribution in [3.8, 4) is 0 Å². The Hall–Kier alpha value is -0.580. The summed E-state index contributed by atoms with van der Waals surface area (Å²) in [6.45, 7) is 4.28. The average molecular weight is 297 g/mol. The minimum absolute atomic E-state index is 0.267. The Morgan fingerprint density at radius 3 is 3.06 bits per heavy atom. The molecule has 3 nitrogen and oxygen atoms in total. The zero-order chi connectivity index (χ0) is 11.8. The first-order valence-electron chi connectivity index (χ1n) is 6.17. The van der Waals surface area contributed by atoms with Gasteiger partial charge < -0.3 is 10.0 Å². The summed E-state index contributed by atoms with van der Waals surface area (Å²) in [7, 11) is 0. The number of aliphatic hydroxyl groups excluding tert-OH is 1. The lowest BCUT2D eigenvalue weighted by Gasteiger charge is -2.38. The molecule has 92 valence electrons. The fraction of sp³-hybridized carbons (Fsp3) is 0.538. The molecule has 17 heavy (non-hydrogen) atoms. The Labute approximate surface area is 110 Å². The molecule has 4 heteroatoms. The van der Waals surface area contributed by atoms with Crippen LogP contribution < -0.4 is 4.90 Å². The van der Waals surface area contributed by atoms with Crippen molar-refractivity contribution in [1.82, 2.24) is 4.90 Å². The predicted octanol–water partition coefficient (Wildman–Crippen LogP) is 1.49. The van der Waals surface area contributed by atoms with Crippen LogP contribution in [0.4, 0.5) is 5.69 Å². The smallest absolute Gasteiger partial charge is 0.0558 e. The summed E-state index contributed by atoms with van der Waals surface area (Å²) in [5.74, 6) is 0. The quantitative estimate of drug-likeness (QED) is 0.896. The van der Waals surface area contributed by atoms with Gasteiger partial charge in [-0.3, -0.25) is 4.90 Å². The third-order valence-electron chi connectivity index (χ3n) is 3.83. The van der Waals surface area contributed by atoms with Crippen LogP contribution in [0, 0.1) is 0 Å². The summed E-state index contributed by atoms with van der Waals surface area (Å²) in [6, 6.07) is 7.06. The van der Waals surface area contributed by atoms with E-state index in [0.717, 1.165) is 32.6 Å². The molecule has 1 unspecified atom stereocenters. The first-order chi connectivity index (χ1) is 8.29. The summed E-state index contributed by atoms with van der Waals surface area (Å²) >= 11 is 3.65. The molecule has 0 spiro atoms. The molecule has 1 saturated heterocycles. The van der Waals surface area contributed by atoms with Crippen molar-refractivity contribution < 1.29 is 5.11 Å². The van der Waals surface area contributed by atoms with Crippen molar-refractivity contribution in [2.24, 2.45) is 0 Å². The van der Waals surface area contributed by atoms with Gasteiger partial charge in [0, 0.05) is 42.4 Å². The second kappa shape index (κ2) is 4.59. The molecule has 2 heterocycles. The summed E-state index contributed by atoms with van der Waals surface area (Å²) < 4.78 is 1.23. The maximum atomic E-state index is 9.01. The molecule has 0 saturated carbocycles. The number of rotatable bonds is 2. The normalized spacial score (nSPS) is 23.6. The van der Waals surface area contributed by atoms with Crippen LogP contribution in [0.2, 0.25) is 0 Å². The number of aliphatic hydroxyl groups is 1. The topological polar surface area (TPSA) is 26.7 Å². The van der Waals surface area contributed by atoms with Crippen LogP contribution in [-0.4, -0.2) is 48.8 Å². The fourth-order valence-corrected chi connectivity index (χ4v) is 3.53. The molecule has 1 aromatic rings. The van der Waals surface area contributed by atoms with Gasteiger partial charge in [-0.1, -0.05) is 22.0 Å². The van der Waals surface area contributed by atoms with Crippen molar-refractivity contribution in [2.75, 3.05) is 37.7 Å². The molecule has 0 aromatic heterocycles. The Morgan fingerprint density at radius 2 is 2.24 bits per heavy atom. The van der Waals surface area contributed by atoms with Gasteiger partial charge in [-0.05, 0) is 24.1 Å². The molecule has 1 atom stereocenters. The average Bonchev–Trinajstić information content (AvgIpc) is 2.69. The summed E-state index contributed by atoms with van der Waals surface area (Å²) in [4.78, 5) is 4.88. The van der Waals surface area contributed by atoms with Crippen LogP contribution in [0.15, 0.2) is 22.7 Å². The molecule has 0 bridgehead atoms. The molecule has 1 N–H and O–H groups in total. The minimum Gasteiger partial charge on any atom is -0.395 e. The molecular formula is C13H17BrN2O. The van der Waals surface area contributed by atoms with Gasteiger partial charge in [-0.15, -0.1) is 0 Å². The molecule has 2 aliphatic rings. The van der Waals surface area contributed by atoms with Crippen LogP contribution in [0.3, 0.4) is 0 Å². The van der Waals surface area contributed by atoms with Crippen LogP contribution in [-0.2, 0) is 6.42 Å². The molecule has 2 aliphatic heterocycles. The highest BCUT2D eigenvalue weighted by atomic mass is 79.9. The number of halogens is 1. The van der Waals surface area contributed by atoms with Gasteiger partial charge in [0.2, 0.25) is 0 Å². The maximum Gasteiger partial charge on any atom is 0.0558 e. The number of hydrogen-bond acceptors (Lipinski definition) is 3. The zero-order valence-corrected chi connectivity index (χ0v) is 11.4. The van der Waals surface area contributed by atoms with Gasteiger partial charge in [0.05, 0.1) is 6.61 Å². The molecular weight excluding hydrogens is 280 g/mol. The number of β-amino-alcohol motifs (C(OH)–C–C–N with tert-alkyl or cyclic N) is 1. The molecule has 1 fully saturated rings. The Balaban J connectivity index is 1.82. The van der Waals surface area contributed by atoms with E-state index in [2.05, 4.69) is 43.9 Å². The Morgan fingerprint density at radius 1 is 1.35 bits per heavy atom. The van der Waals surface area contributed by atoms with Crippen LogP contribution >= 0.6 is 15.9 Å². The van der Waals surface area contributed by atoms with E-state index in [0.29, 0.717) is 6.04 Å². The first-order valence-corrected chi connectivity index (χ1v) is 6.96. The second-order valence-electron chi connectivity index (χ2n) is 4.81. The van der Waals surface area contributed by atoms with Crippen molar-refractivity contribution >= 4 is 21.6 Å². The van der Waals surface area contributed by atoms with Crippen molar-refractivity contribution in [1.29, 1.82) is 0 Å². The number of anilines is 1. The summed E-state index contributed by atoms with van der Waals surface area (Å²) in [5.41, 5.74) is 2.84. The van der Waals surface area contributed by atoms with Gasteiger partial charge >= 0.3 is 0 Å². The number of piperazine rings is 1. The molecule has 0 amide bonds. The van der Waals surface area contributed by atoms with E-state index in [4.69, 9.17) is 5.11 Å². The van der Waals surface area contributed by atoms with E-state index in [1.165, 1.54) is 15.7 Å². The molecule has 3 rings (SSSR count). The van der Waals surface area contributed by atoms with Crippen molar-refractivity contribution in [2.45, 2.75) is 12.5 Å². The summed E-state index contributed by atoms with van der Waals surface area (Å²) in [6.07, 6.45) is 1.12. The number of hydrogen-bond donors (Lipinski definition) is 1.